The van der Waals surface area contributed by atoms with Crippen molar-refractivity contribution in [3.63, 3.8) is 0 Å². The Kier molecular flexibility index (Phi) is 7.99. The number of rotatable bonds is 9. The summed E-state index contributed by atoms with van der Waals surface area (Å²) in [5.74, 6) is -0.775. The Hall–Kier alpha value is -5.22. The van der Waals surface area contributed by atoms with Crippen molar-refractivity contribution in [2.45, 2.75) is 25.4 Å². The number of halogens is 5. The van der Waals surface area contributed by atoms with Gasteiger partial charge < -0.3 is 9.94 Å². The number of alkyl halides is 3. The summed E-state index contributed by atoms with van der Waals surface area (Å²) in [6, 6.07) is 9.23. The van der Waals surface area contributed by atoms with Gasteiger partial charge in [0.25, 0.3) is 0 Å². The molecule has 5 aromatic heterocycles. The Bertz CT molecular complexity index is 1960. The lowest BCUT2D eigenvalue weighted by atomic mass is 10.0. The molecule has 1 aromatic carbocycles. The summed E-state index contributed by atoms with van der Waals surface area (Å²) in [6.45, 7) is 0.371. The van der Waals surface area contributed by atoms with Gasteiger partial charge in [-0.3, -0.25) is 14.3 Å². The van der Waals surface area contributed by atoms with Crippen molar-refractivity contribution < 1.29 is 27.0 Å². The van der Waals surface area contributed by atoms with Crippen molar-refractivity contribution >= 4 is 11.6 Å². The molecule has 0 aliphatic heterocycles. The highest BCUT2D eigenvalue weighted by Crippen LogP contribution is 2.34. The molecule has 0 aliphatic rings. The van der Waals surface area contributed by atoms with Crippen molar-refractivity contribution in [2.75, 3.05) is 7.11 Å². The fraction of sp³-hybridized carbons (Fsp3) is 0.179. The van der Waals surface area contributed by atoms with E-state index in [4.69, 9.17) is 16.3 Å². The average molecular weight is 641 g/mol. The zero-order valence-corrected chi connectivity index (χ0v) is 23.9. The van der Waals surface area contributed by atoms with E-state index in [0.29, 0.717) is 16.0 Å². The normalized spacial score (nSPS) is 12.5. The van der Waals surface area contributed by atoms with E-state index in [1.807, 2.05) is 0 Å². The van der Waals surface area contributed by atoms with Gasteiger partial charge in [0.1, 0.15) is 12.0 Å². The molecule has 12 nitrogen and oxygen atoms in total. The van der Waals surface area contributed by atoms with Gasteiger partial charge in [-0.1, -0.05) is 11.6 Å². The lowest BCUT2D eigenvalue weighted by Gasteiger charge is -2.18. The summed E-state index contributed by atoms with van der Waals surface area (Å²) in [4.78, 5) is 3.41. The van der Waals surface area contributed by atoms with Crippen molar-refractivity contribution in [2.24, 2.45) is 0 Å². The first-order valence-electron chi connectivity index (χ1n) is 13.2. The lowest BCUT2D eigenvalue weighted by Crippen LogP contribution is -2.37. The van der Waals surface area contributed by atoms with Crippen LogP contribution >= 0.6 is 11.6 Å². The zero-order chi connectivity index (χ0) is 31.7. The number of tetrazole rings is 1. The number of hydrogen-bond donors (Lipinski definition) is 0. The van der Waals surface area contributed by atoms with Crippen LogP contribution in [0.15, 0.2) is 79.8 Å². The molecule has 0 unspecified atom stereocenters. The molecule has 0 fully saturated rings. The SMILES string of the molecule is COCc1ccn(C[C@H](c2ccc(-c3c(-n4cnnn4)ccc(Cl)c3F)c[n+]2[O-])n2cc(-c3ccnc(C(F)(F)F)c3)cn2)n1. The second-order valence-electron chi connectivity index (χ2n) is 9.79. The maximum Gasteiger partial charge on any atom is 0.433 e. The van der Waals surface area contributed by atoms with E-state index in [1.54, 1.807) is 23.0 Å². The molecule has 0 spiro atoms. The highest BCUT2D eigenvalue weighted by Gasteiger charge is 2.33. The van der Waals surface area contributed by atoms with Crippen LogP contribution in [0.3, 0.4) is 0 Å². The van der Waals surface area contributed by atoms with Crippen LogP contribution in [0.2, 0.25) is 5.02 Å². The highest BCUT2D eigenvalue weighted by molar-refractivity contribution is 6.31. The third-order valence-electron chi connectivity index (χ3n) is 6.90. The van der Waals surface area contributed by atoms with Crippen LogP contribution in [0.4, 0.5) is 17.6 Å². The van der Waals surface area contributed by atoms with Crippen molar-refractivity contribution in [1.29, 1.82) is 0 Å². The molecule has 17 heteroatoms. The molecular formula is C28H21ClF4N10O2. The molecule has 0 radical (unpaired) electrons. The van der Waals surface area contributed by atoms with Gasteiger partial charge in [-0.2, -0.15) is 32.8 Å². The van der Waals surface area contributed by atoms with Gasteiger partial charge in [-0.15, -0.1) is 5.10 Å². The number of pyridine rings is 2. The largest absolute Gasteiger partial charge is 0.618 e. The first-order valence-corrected chi connectivity index (χ1v) is 13.5. The monoisotopic (exact) mass is 640 g/mol. The van der Waals surface area contributed by atoms with Gasteiger partial charge in [0, 0.05) is 37.3 Å². The number of nitrogens with zero attached hydrogens (tertiary/aromatic N) is 10. The van der Waals surface area contributed by atoms with Gasteiger partial charge in [0.05, 0.1) is 46.9 Å². The number of methoxy groups -OCH3 is 1. The average Bonchev–Trinajstić information content (AvgIpc) is 3.80. The van der Waals surface area contributed by atoms with Crippen LogP contribution in [0.25, 0.3) is 27.9 Å². The van der Waals surface area contributed by atoms with Gasteiger partial charge in [0.15, 0.2) is 18.1 Å². The molecule has 0 saturated carbocycles. The molecule has 6 aromatic rings. The van der Waals surface area contributed by atoms with Gasteiger partial charge in [0.2, 0.25) is 5.69 Å². The summed E-state index contributed by atoms with van der Waals surface area (Å²) in [6.07, 6.45) is 3.53. The standard InChI is InChI=1S/C28H21ClF4N10O2/c1-45-15-20-7-9-40(37-20)14-24(41-12-19(11-36-41)17-6-8-34-25(10-17)28(31,32)33)22-4-2-18(13-43(22)44)26-23(42-16-35-38-39-42)5-3-21(29)27(26)30/h2-13,16,24H,14-15H2,1H3/t24-/m1/s1. The molecule has 0 N–H and O–H groups in total. The van der Waals surface area contributed by atoms with Crippen LogP contribution < -0.4 is 4.73 Å². The second-order valence-corrected chi connectivity index (χ2v) is 10.2. The maximum atomic E-state index is 15.4. The summed E-state index contributed by atoms with van der Waals surface area (Å²) in [5, 5.41) is 33.3. The fourth-order valence-electron chi connectivity index (χ4n) is 4.82. The number of aromatic nitrogens is 10. The van der Waals surface area contributed by atoms with Gasteiger partial charge in [-0.25, -0.2) is 4.39 Å². The van der Waals surface area contributed by atoms with Crippen LogP contribution in [-0.2, 0) is 24.1 Å². The minimum atomic E-state index is -4.63. The number of hydrogen-bond acceptors (Lipinski definition) is 8. The minimum Gasteiger partial charge on any atom is -0.618 e. The van der Waals surface area contributed by atoms with Crippen LogP contribution in [-0.4, -0.2) is 51.9 Å². The summed E-state index contributed by atoms with van der Waals surface area (Å²) < 4.78 is 65.3. The molecule has 0 saturated heterocycles. The first-order chi connectivity index (χ1) is 21.6. The van der Waals surface area contributed by atoms with E-state index in [2.05, 4.69) is 30.7 Å². The topological polar surface area (TPSA) is 128 Å². The van der Waals surface area contributed by atoms with Gasteiger partial charge in [-0.05, 0) is 52.4 Å². The molecule has 1 atom stereocenters. The smallest absolute Gasteiger partial charge is 0.433 e. The van der Waals surface area contributed by atoms with E-state index in [1.165, 1.54) is 65.7 Å². The Morgan fingerprint density at radius 3 is 2.67 bits per heavy atom. The third kappa shape index (κ3) is 6.09. The van der Waals surface area contributed by atoms with Crippen molar-refractivity contribution in [3.8, 4) is 27.9 Å². The quantitative estimate of drug-likeness (QED) is 0.127. The predicted molar refractivity (Wildman–Crippen MR) is 150 cm³/mol. The Labute approximate surface area is 256 Å². The summed E-state index contributed by atoms with van der Waals surface area (Å²) >= 11 is 6.08. The molecular weight excluding hydrogens is 620 g/mol. The lowest BCUT2D eigenvalue weighted by molar-refractivity contribution is -0.615. The fourth-order valence-corrected chi connectivity index (χ4v) is 4.98. The van der Waals surface area contributed by atoms with E-state index in [-0.39, 0.29) is 46.2 Å². The number of ether oxygens (including phenoxy) is 1. The predicted octanol–water partition coefficient (Wildman–Crippen LogP) is 4.67. The van der Waals surface area contributed by atoms with Crippen LogP contribution in [0.5, 0.6) is 0 Å². The Morgan fingerprint density at radius 1 is 1.09 bits per heavy atom. The molecule has 0 amide bonds. The first kappa shape index (κ1) is 29.8. The minimum absolute atomic E-state index is 0.00156. The molecule has 0 aliphatic carbocycles. The van der Waals surface area contributed by atoms with Crippen LogP contribution in [0.1, 0.15) is 23.1 Å². The molecule has 45 heavy (non-hydrogen) atoms. The maximum absolute atomic E-state index is 15.4. The van der Waals surface area contributed by atoms with E-state index in [0.717, 1.165) is 12.3 Å². The molecule has 6 rings (SSSR count). The van der Waals surface area contributed by atoms with Crippen LogP contribution in [0, 0.1) is 11.0 Å². The molecule has 5 heterocycles. The Balaban J connectivity index is 1.42. The highest BCUT2D eigenvalue weighted by atomic mass is 35.5. The zero-order valence-electron chi connectivity index (χ0n) is 23.2. The summed E-state index contributed by atoms with van der Waals surface area (Å²) in [7, 11) is 1.53. The Morgan fingerprint density at radius 2 is 1.93 bits per heavy atom. The van der Waals surface area contributed by atoms with E-state index < -0.39 is 23.7 Å². The van der Waals surface area contributed by atoms with E-state index >= 15 is 4.39 Å². The molecule has 0 bridgehead atoms. The van der Waals surface area contributed by atoms with Crippen molar-refractivity contribution in [1.82, 2.24) is 44.8 Å². The van der Waals surface area contributed by atoms with E-state index in [9.17, 15) is 18.4 Å². The third-order valence-corrected chi connectivity index (χ3v) is 7.19. The van der Waals surface area contributed by atoms with Gasteiger partial charge >= 0.3 is 6.18 Å². The van der Waals surface area contributed by atoms with Crippen molar-refractivity contribution in [3.05, 3.63) is 113 Å². The number of benzene rings is 1. The second kappa shape index (κ2) is 12.0. The summed E-state index contributed by atoms with van der Waals surface area (Å²) in [5.41, 5.74) is 0.834. The molecule has 230 valence electrons.